The molecule has 0 amide bonds. The van der Waals surface area contributed by atoms with Crippen LogP contribution in [0.3, 0.4) is 0 Å². The van der Waals surface area contributed by atoms with E-state index in [4.69, 9.17) is 0 Å². The van der Waals surface area contributed by atoms with E-state index >= 15 is 0 Å². The van der Waals surface area contributed by atoms with Crippen molar-refractivity contribution in [1.82, 2.24) is 14.5 Å². The zero-order valence-electron chi connectivity index (χ0n) is 14.5. The van der Waals surface area contributed by atoms with Crippen LogP contribution in [0, 0.1) is 6.92 Å². The van der Waals surface area contributed by atoms with E-state index in [0.717, 1.165) is 24.1 Å². The first-order valence-electron chi connectivity index (χ1n) is 8.45. The smallest absolute Gasteiger partial charge is 0.314 e. The number of fused-ring (bicyclic) bond motifs is 1. The molecular weight excluding hydrogens is 314 g/mol. The summed E-state index contributed by atoms with van der Waals surface area (Å²) in [5, 5.41) is 0. The number of aromatic amines is 1. The van der Waals surface area contributed by atoms with Crippen molar-refractivity contribution >= 4 is 17.1 Å². The minimum absolute atomic E-state index is 0.349. The van der Waals surface area contributed by atoms with Gasteiger partial charge in [-0.2, -0.15) is 0 Å². The van der Waals surface area contributed by atoms with Crippen LogP contribution in [0.25, 0.3) is 17.1 Å². The molecule has 5 heteroatoms. The van der Waals surface area contributed by atoms with E-state index in [-0.39, 0.29) is 0 Å². The van der Waals surface area contributed by atoms with Gasteiger partial charge in [0.2, 0.25) is 0 Å². The van der Waals surface area contributed by atoms with Crippen LogP contribution in [-0.2, 0) is 6.54 Å². The monoisotopic (exact) mass is 335 g/mol. The number of H-pyrrole nitrogens is 1. The normalized spacial score (nSPS) is 11.4. The highest BCUT2D eigenvalue weighted by atomic mass is 16.2. The Hall–Kier alpha value is -2.95. The number of nitrogens with zero attached hydrogens (tertiary/aromatic N) is 2. The molecule has 3 aromatic rings. The number of benzene rings is 1. The average molecular weight is 335 g/mol. The van der Waals surface area contributed by atoms with Crippen molar-refractivity contribution in [3.63, 3.8) is 0 Å². The van der Waals surface area contributed by atoms with Crippen LogP contribution >= 0.6 is 0 Å². The molecule has 2 aromatic heterocycles. The topological polar surface area (TPSA) is 67.8 Å². The molecule has 0 bridgehead atoms. The van der Waals surface area contributed by atoms with Gasteiger partial charge in [0.25, 0.3) is 0 Å². The third kappa shape index (κ3) is 3.60. The number of hydrogen-bond acceptors (Lipinski definition) is 3. The van der Waals surface area contributed by atoms with Gasteiger partial charge in [0, 0.05) is 0 Å². The molecule has 3 rings (SSSR count). The number of nitrogens with one attached hydrogen (secondary N) is 1. The Bertz CT molecular complexity index is 1030. The molecule has 0 fully saturated rings. The van der Waals surface area contributed by atoms with Crippen molar-refractivity contribution < 1.29 is 0 Å². The third-order valence-electron chi connectivity index (χ3n) is 4.10. The first kappa shape index (κ1) is 16.9. The van der Waals surface area contributed by atoms with Gasteiger partial charge < -0.3 is 4.98 Å². The van der Waals surface area contributed by atoms with Gasteiger partial charge in [-0.3, -0.25) is 19.1 Å². The highest BCUT2D eigenvalue weighted by molar-refractivity contribution is 5.78. The number of aromatic nitrogens is 3. The second-order valence-corrected chi connectivity index (χ2v) is 6.05. The van der Waals surface area contributed by atoms with E-state index in [1.54, 1.807) is 0 Å². The summed E-state index contributed by atoms with van der Waals surface area (Å²) in [5.41, 5.74) is 2.58. The molecule has 0 radical (unpaired) electrons. The maximum absolute atomic E-state index is 12.5. The summed E-state index contributed by atoms with van der Waals surface area (Å²) in [6.07, 6.45) is 6.06. The molecule has 0 unspecified atom stereocenters. The molecular formula is C20H21N3O2. The lowest BCUT2D eigenvalue weighted by molar-refractivity contribution is 0.774. The van der Waals surface area contributed by atoms with Gasteiger partial charge in [-0.25, -0.2) is 0 Å². The van der Waals surface area contributed by atoms with E-state index in [0.29, 0.717) is 23.3 Å². The zero-order chi connectivity index (χ0) is 17.8. The fraction of sp³-hybridized carbons (Fsp3) is 0.250. The largest absolute Gasteiger partial charge is 0.317 e. The van der Waals surface area contributed by atoms with Crippen molar-refractivity contribution in [3.05, 3.63) is 80.1 Å². The van der Waals surface area contributed by atoms with Crippen molar-refractivity contribution in [1.29, 1.82) is 0 Å². The minimum Gasteiger partial charge on any atom is -0.314 e. The molecule has 0 saturated carbocycles. The highest BCUT2D eigenvalue weighted by Gasteiger charge is 2.11. The zero-order valence-corrected chi connectivity index (χ0v) is 14.5. The van der Waals surface area contributed by atoms with Gasteiger partial charge in [-0.1, -0.05) is 49.8 Å². The second-order valence-electron chi connectivity index (χ2n) is 6.05. The molecule has 0 atom stereocenters. The standard InChI is InChI=1S/C20H21N3O2/c1-3-4-6-11-16-12-17-18(14(2)21-16)22-19(24)20(25)23(17)13-15-9-7-5-8-10-15/h5-12H,3-4,13H2,1-2H3,(H,22,24)/b11-6+. The number of allylic oxidation sites excluding steroid dienone is 1. The van der Waals surface area contributed by atoms with Crippen LogP contribution < -0.4 is 11.1 Å². The van der Waals surface area contributed by atoms with E-state index in [9.17, 15) is 9.59 Å². The third-order valence-corrected chi connectivity index (χ3v) is 4.10. The number of aryl methyl sites for hydroxylation is 1. The Morgan fingerprint density at radius 2 is 1.96 bits per heavy atom. The molecule has 128 valence electrons. The van der Waals surface area contributed by atoms with Crippen LogP contribution in [0.2, 0.25) is 0 Å². The molecule has 0 saturated heterocycles. The lowest BCUT2D eigenvalue weighted by atomic mass is 10.2. The lowest BCUT2D eigenvalue weighted by Crippen LogP contribution is -2.36. The Kier molecular flexibility index (Phi) is 4.93. The van der Waals surface area contributed by atoms with Crippen LogP contribution in [0.15, 0.2) is 52.1 Å². The maximum Gasteiger partial charge on any atom is 0.317 e. The van der Waals surface area contributed by atoms with E-state index < -0.39 is 11.1 Å². The van der Waals surface area contributed by atoms with E-state index in [2.05, 4.69) is 23.0 Å². The van der Waals surface area contributed by atoms with E-state index in [1.807, 2.05) is 49.4 Å². The Labute approximate surface area is 145 Å². The number of unbranched alkanes of at least 4 members (excludes halogenated alkanes) is 1. The van der Waals surface area contributed by atoms with Crippen molar-refractivity contribution in [2.24, 2.45) is 0 Å². The van der Waals surface area contributed by atoms with Crippen LogP contribution in [0.4, 0.5) is 0 Å². The molecule has 1 N–H and O–H groups in total. The average Bonchev–Trinajstić information content (AvgIpc) is 2.61. The first-order valence-corrected chi connectivity index (χ1v) is 8.45. The summed E-state index contributed by atoms with van der Waals surface area (Å²) in [6, 6.07) is 11.5. The molecule has 0 aliphatic rings. The fourth-order valence-corrected chi connectivity index (χ4v) is 2.82. The van der Waals surface area contributed by atoms with Crippen LogP contribution in [0.5, 0.6) is 0 Å². The molecule has 2 heterocycles. The molecule has 25 heavy (non-hydrogen) atoms. The van der Waals surface area contributed by atoms with Crippen LogP contribution in [0.1, 0.15) is 36.7 Å². The maximum atomic E-state index is 12.5. The van der Waals surface area contributed by atoms with Gasteiger partial charge in [0.05, 0.1) is 29.0 Å². The van der Waals surface area contributed by atoms with Gasteiger partial charge in [-0.15, -0.1) is 0 Å². The molecule has 1 aromatic carbocycles. The van der Waals surface area contributed by atoms with Gasteiger partial charge in [0.1, 0.15) is 0 Å². The van der Waals surface area contributed by atoms with Gasteiger partial charge in [-0.05, 0) is 31.1 Å². The van der Waals surface area contributed by atoms with Crippen molar-refractivity contribution in [2.75, 3.05) is 0 Å². The predicted octanol–water partition coefficient (Wildman–Crippen LogP) is 3.25. The summed E-state index contributed by atoms with van der Waals surface area (Å²) in [5.74, 6) is 0. The van der Waals surface area contributed by atoms with Gasteiger partial charge in [0.15, 0.2) is 0 Å². The molecule has 0 aliphatic carbocycles. The van der Waals surface area contributed by atoms with Crippen molar-refractivity contribution in [3.8, 4) is 0 Å². The van der Waals surface area contributed by atoms with Gasteiger partial charge >= 0.3 is 11.1 Å². The minimum atomic E-state index is -0.623. The molecule has 5 nitrogen and oxygen atoms in total. The molecule has 0 aliphatic heterocycles. The fourth-order valence-electron chi connectivity index (χ4n) is 2.82. The summed E-state index contributed by atoms with van der Waals surface area (Å²) in [6.45, 7) is 4.31. The first-order chi connectivity index (χ1) is 12.1. The number of hydrogen-bond donors (Lipinski definition) is 1. The second kappa shape index (κ2) is 7.30. The van der Waals surface area contributed by atoms with Crippen molar-refractivity contribution in [2.45, 2.75) is 33.2 Å². The SMILES string of the molecule is CCC/C=C/c1cc2c([nH]c(=O)c(=O)n2Cc2ccccc2)c(C)n1. The Morgan fingerprint density at radius 3 is 2.68 bits per heavy atom. The summed E-state index contributed by atoms with van der Waals surface area (Å²) < 4.78 is 1.52. The quantitative estimate of drug-likeness (QED) is 0.728. The van der Waals surface area contributed by atoms with Crippen LogP contribution in [-0.4, -0.2) is 14.5 Å². The Morgan fingerprint density at radius 1 is 1.20 bits per heavy atom. The van der Waals surface area contributed by atoms with E-state index in [1.165, 1.54) is 4.57 Å². The lowest BCUT2D eigenvalue weighted by Gasteiger charge is -2.12. The highest BCUT2D eigenvalue weighted by Crippen LogP contribution is 2.16. The number of pyridine rings is 1. The summed E-state index contributed by atoms with van der Waals surface area (Å²) in [4.78, 5) is 31.7. The predicted molar refractivity (Wildman–Crippen MR) is 101 cm³/mol. The summed E-state index contributed by atoms with van der Waals surface area (Å²) >= 11 is 0. The number of rotatable bonds is 5. The Balaban J connectivity index is 2.20. The summed E-state index contributed by atoms with van der Waals surface area (Å²) in [7, 11) is 0. The molecule has 0 spiro atoms.